The van der Waals surface area contributed by atoms with Gasteiger partial charge in [0.25, 0.3) is 5.91 Å². The van der Waals surface area contributed by atoms with E-state index < -0.39 is 36.7 Å². The van der Waals surface area contributed by atoms with Crippen LogP contribution in [0.3, 0.4) is 0 Å². The van der Waals surface area contributed by atoms with Crippen LogP contribution in [0.1, 0.15) is 26.3 Å². The number of aliphatic imine (C=N–C) groups is 1. The molecule has 164 valence electrons. The molecule has 2 atom stereocenters. The minimum Gasteiger partial charge on any atom is -0.465 e. The standard InChI is InChI=1S/C21H24ClN5O4/c1-6-31-16(28)10-25-19(29)17-18(24(5)21(25)30)23-20-26(12(3)13(4)27(17)20)15-9-7-8-14(22)11(15)2/h7-9,17-18H,6,10H2,1-5H3. The third-order valence-corrected chi connectivity index (χ3v) is 6.37. The Kier molecular flexibility index (Phi) is 5.17. The number of fused-ring (bicyclic) bond motifs is 3. The number of carbonyl (C=O) groups is 3. The fourth-order valence-corrected chi connectivity index (χ4v) is 4.39. The number of allylic oxidation sites excluding steroid dienone is 2. The number of benzene rings is 1. The number of nitrogens with zero attached hydrogens (tertiary/aromatic N) is 5. The van der Waals surface area contributed by atoms with Crippen molar-refractivity contribution in [1.29, 1.82) is 0 Å². The van der Waals surface area contributed by atoms with Gasteiger partial charge in [0.15, 0.2) is 12.2 Å². The summed E-state index contributed by atoms with van der Waals surface area (Å²) >= 11 is 6.35. The van der Waals surface area contributed by atoms with E-state index in [1.165, 1.54) is 4.90 Å². The van der Waals surface area contributed by atoms with E-state index >= 15 is 0 Å². The number of guanidine groups is 1. The topological polar surface area (TPSA) is 85.8 Å². The van der Waals surface area contributed by atoms with Gasteiger partial charge in [-0.2, -0.15) is 0 Å². The first kappa shape index (κ1) is 21.2. The number of anilines is 1. The van der Waals surface area contributed by atoms with Gasteiger partial charge in [-0.15, -0.1) is 0 Å². The Labute approximate surface area is 185 Å². The van der Waals surface area contributed by atoms with Gasteiger partial charge >= 0.3 is 12.0 Å². The summed E-state index contributed by atoms with van der Waals surface area (Å²) in [5, 5.41) is 0.626. The van der Waals surface area contributed by atoms with E-state index in [2.05, 4.69) is 0 Å². The number of amides is 3. The Morgan fingerprint density at radius 2 is 1.90 bits per heavy atom. The highest BCUT2D eigenvalue weighted by Crippen LogP contribution is 2.41. The predicted molar refractivity (Wildman–Crippen MR) is 115 cm³/mol. The molecule has 0 saturated carbocycles. The van der Waals surface area contributed by atoms with Crippen LogP contribution < -0.4 is 4.90 Å². The summed E-state index contributed by atoms with van der Waals surface area (Å²) in [7, 11) is 1.58. The molecule has 3 amide bonds. The SMILES string of the molecule is CCOC(=O)CN1C(=O)C2C(N=C3N(c4cccc(Cl)c4C)C(C)=C(C)N32)N(C)C1=O. The van der Waals surface area contributed by atoms with Gasteiger partial charge < -0.3 is 9.64 Å². The fourth-order valence-electron chi connectivity index (χ4n) is 4.22. The fraction of sp³-hybridized carbons (Fsp3) is 0.429. The largest absolute Gasteiger partial charge is 0.465 e. The lowest BCUT2D eigenvalue weighted by Gasteiger charge is -2.40. The number of carbonyl (C=O) groups excluding carboxylic acids is 3. The lowest BCUT2D eigenvalue weighted by molar-refractivity contribution is -0.150. The molecule has 1 fully saturated rings. The smallest absolute Gasteiger partial charge is 0.328 e. The van der Waals surface area contributed by atoms with Gasteiger partial charge in [0.2, 0.25) is 5.96 Å². The Morgan fingerprint density at radius 3 is 2.58 bits per heavy atom. The van der Waals surface area contributed by atoms with E-state index in [0.29, 0.717) is 11.0 Å². The third kappa shape index (κ3) is 3.06. The van der Waals surface area contributed by atoms with E-state index in [4.69, 9.17) is 21.3 Å². The van der Waals surface area contributed by atoms with Crippen molar-refractivity contribution in [2.75, 3.05) is 25.1 Å². The lowest BCUT2D eigenvalue weighted by Crippen LogP contribution is -2.65. The Bertz CT molecular complexity index is 1050. The number of hydrogen-bond acceptors (Lipinski definition) is 7. The van der Waals surface area contributed by atoms with Crippen molar-refractivity contribution in [2.24, 2.45) is 4.99 Å². The molecular formula is C21H24ClN5O4. The quantitative estimate of drug-likeness (QED) is 0.662. The van der Waals surface area contributed by atoms with Crippen molar-refractivity contribution in [3.05, 3.63) is 40.2 Å². The van der Waals surface area contributed by atoms with Gasteiger partial charge in [-0.3, -0.25) is 24.3 Å². The van der Waals surface area contributed by atoms with Gasteiger partial charge in [-0.05, 0) is 45.4 Å². The zero-order valence-electron chi connectivity index (χ0n) is 18.0. The first-order valence-electron chi connectivity index (χ1n) is 10.0. The second-order valence-electron chi connectivity index (χ2n) is 7.67. The van der Waals surface area contributed by atoms with E-state index in [-0.39, 0.29) is 6.61 Å². The summed E-state index contributed by atoms with van der Waals surface area (Å²) in [4.78, 5) is 49.1. The molecule has 9 nitrogen and oxygen atoms in total. The minimum absolute atomic E-state index is 0.172. The summed E-state index contributed by atoms with van der Waals surface area (Å²) in [5.41, 5.74) is 3.49. The van der Waals surface area contributed by atoms with E-state index in [1.807, 2.05) is 48.8 Å². The van der Waals surface area contributed by atoms with Gasteiger partial charge in [-0.25, -0.2) is 9.79 Å². The molecule has 3 aliphatic rings. The molecule has 31 heavy (non-hydrogen) atoms. The number of rotatable bonds is 4. The third-order valence-electron chi connectivity index (χ3n) is 5.97. The highest BCUT2D eigenvalue weighted by Gasteiger charge is 2.56. The maximum absolute atomic E-state index is 13.4. The summed E-state index contributed by atoms with van der Waals surface area (Å²) in [6.45, 7) is 7.20. The first-order chi connectivity index (χ1) is 14.7. The molecule has 0 N–H and O–H groups in total. The summed E-state index contributed by atoms with van der Waals surface area (Å²) < 4.78 is 4.94. The molecule has 4 rings (SSSR count). The predicted octanol–water partition coefficient (Wildman–Crippen LogP) is 2.54. The number of esters is 1. The Hall–Kier alpha value is -3.07. The molecule has 1 aromatic rings. The normalized spacial score (nSPS) is 22.8. The average Bonchev–Trinajstić information content (AvgIpc) is 3.22. The zero-order valence-corrected chi connectivity index (χ0v) is 18.8. The van der Waals surface area contributed by atoms with Crippen molar-refractivity contribution in [2.45, 2.75) is 39.9 Å². The van der Waals surface area contributed by atoms with Crippen molar-refractivity contribution in [3.8, 4) is 0 Å². The van der Waals surface area contributed by atoms with Crippen molar-refractivity contribution in [3.63, 3.8) is 0 Å². The molecule has 1 saturated heterocycles. The van der Waals surface area contributed by atoms with Crippen LogP contribution in [0.15, 0.2) is 34.6 Å². The minimum atomic E-state index is -0.758. The van der Waals surface area contributed by atoms with Gasteiger partial charge in [0.05, 0.1) is 12.3 Å². The molecule has 2 unspecified atom stereocenters. The monoisotopic (exact) mass is 445 g/mol. The molecule has 0 aromatic heterocycles. The Balaban J connectivity index is 1.74. The summed E-state index contributed by atoms with van der Waals surface area (Å²) in [6.07, 6.45) is -0.696. The summed E-state index contributed by atoms with van der Waals surface area (Å²) in [6, 6.07) is 4.29. The second kappa shape index (κ2) is 7.56. The number of imide groups is 1. The molecule has 0 aliphatic carbocycles. The molecule has 3 heterocycles. The molecule has 3 aliphatic heterocycles. The number of likely N-dealkylation sites (N-methyl/N-ethyl adjacent to an activating group) is 1. The van der Waals surface area contributed by atoms with Crippen molar-refractivity contribution >= 4 is 41.2 Å². The highest BCUT2D eigenvalue weighted by molar-refractivity contribution is 6.32. The molecule has 0 spiro atoms. The van der Waals surface area contributed by atoms with Gasteiger partial charge in [-0.1, -0.05) is 17.7 Å². The van der Waals surface area contributed by atoms with E-state index in [0.717, 1.165) is 27.5 Å². The van der Waals surface area contributed by atoms with E-state index in [9.17, 15) is 14.4 Å². The number of urea groups is 1. The maximum atomic E-state index is 13.4. The molecule has 0 radical (unpaired) electrons. The van der Waals surface area contributed by atoms with Gasteiger partial charge in [0.1, 0.15) is 6.54 Å². The average molecular weight is 446 g/mol. The van der Waals surface area contributed by atoms with Crippen LogP contribution in [0.5, 0.6) is 0 Å². The van der Waals surface area contributed by atoms with Gasteiger partial charge in [0, 0.05) is 23.5 Å². The Morgan fingerprint density at radius 1 is 1.19 bits per heavy atom. The summed E-state index contributed by atoms with van der Waals surface area (Å²) in [5.74, 6) is -0.547. The number of halogens is 1. The van der Waals surface area contributed by atoms with Crippen LogP contribution in [0.4, 0.5) is 10.5 Å². The van der Waals surface area contributed by atoms with Crippen LogP contribution >= 0.6 is 11.6 Å². The van der Waals surface area contributed by atoms with Crippen LogP contribution in [0.2, 0.25) is 5.02 Å². The zero-order chi connectivity index (χ0) is 22.6. The van der Waals surface area contributed by atoms with Crippen LogP contribution in [-0.4, -0.2) is 71.0 Å². The number of hydrogen-bond donors (Lipinski definition) is 0. The number of ether oxygens (including phenoxy) is 1. The van der Waals surface area contributed by atoms with Crippen LogP contribution in [0.25, 0.3) is 0 Å². The highest BCUT2D eigenvalue weighted by atomic mass is 35.5. The molecule has 10 heteroatoms. The molecular weight excluding hydrogens is 422 g/mol. The van der Waals surface area contributed by atoms with Crippen molar-refractivity contribution in [1.82, 2.24) is 14.7 Å². The van der Waals surface area contributed by atoms with Crippen LogP contribution in [-0.2, 0) is 14.3 Å². The van der Waals surface area contributed by atoms with Crippen molar-refractivity contribution < 1.29 is 19.1 Å². The molecule has 0 bridgehead atoms. The first-order valence-corrected chi connectivity index (χ1v) is 10.4. The lowest BCUT2D eigenvalue weighted by atomic mass is 10.1. The maximum Gasteiger partial charge on any atom is 0.328 e. The second-order valence-corrected chi connectivity index (χ2v) is 8.08. The van der Waals surface area contributed by atoms with E-state index in [1.54, 1.807) is 14.0 Å². The molecule has 1 aromatic carbocycles. The van der Waals surface area contributed by atoms with Crippen LogP contribution in [0, 0.1) is 6.92 Å².